The fraction of sp³-hybridized carbons (Fsp3) is 0.364. The zero-order valence-corrected chi connectivity index (χ0v) is 18.9. The van der Waals surface area contributed by atoms with Crippen molar-refractivity contribution in [2.45, 2.75) is 17.7 Å². The van der Waals surface area contributed by atoms with Crippen molar-refractivity contribution in [3.05, 3.63) is 53.6 Å². The molecule has 2 aromatic carbocycles. The van der Waals surface area contributed by atoms with Gasteiger partial charge in [-0.05, 0) is 47.9 Å². The number of amides is 1. The first-order valence-corrected chi connectivity index (χ1v) is 11.6. The maximum absolute atomic E-state index is 12.7. The zero-order chi connectivity index (χ0) is 23.0. The summed E-state index contributed by atoms with van der Waals surface area (Å²) < 4.78 is 42.4. The van der Waals surface area contributed by atoms with Crippen molar-refractivity contribution in [1.82, 2.24) is 9.73 Å². The van der Waals surface area contributed by atoms with Crippen molar-refractivity contribution >= 4 is 22.1 Å². The minimum Gasteiger partial charge on any atom is -0.493 e. The van der Waals surface area contributed by atoms with Crippen LogP contribution in [0.2, 0.25) is 0 Å². The van der Waals surface area contributed by atoms with Gasteiger partial charge in [0.1, 0.15) is 0 Å². The summed E-state index contributed by atoms with van der Waals surface area (Å²) in [4.78, 5) is 12.3. The first-order chi connectivity index (χ1) is 15.4. The third-order valence-electron chi connectivity index (χ3n) is 4.98. The number of nitrogens with zero attached hydrogens (tertiary/aromatic N) is 2. The van der Waals surface area contributed by atoms with E-state index in [0.717, 1.165) is 11.1 Å². The normalized spacial score (nSPS) is 14.9. The highest BCUT2D eigenvalue weighted by Crippen LogP contribution is 2.26. The number of ether oxygens (including phenoxy) is 3. The topological polar surface area (TPSA) is 107 Å². The molecule has 3 rings (SSSR count). The summed E-state index contributed by atoms with van der Waals surface area (Å²) in [6, 6.07) is 11.9. The molecule has 1 amide bonds. The number of sulfonamides is 1. The number of nitrogens with one attached hydrogen (secondary N) is 1. The Hall–Kier alpha value is -2.95. The monoisotopic (exact) mass is 461 g/mol. The number of carbonyl (C=O) groups is 1. The van der Waals surface area contributed by atoms with Gasteiger partial charge in [0.15, 0.2) is 11.5 Å². The van der Waals surface area contributed by atoms with Crippen LogP contribution in [0.15, 0.2) is 52.5 Å². The van der Waals surface area contributed by atoms with Crippen LogP contribution in [0.25, 0.3) is 0 Å². The molecule has 1 heterocycles. The molecule has 32 heavy (non-hydrogen) atoms. The molecule has 0 bridgehead atoms. The van der Waals surface area contributed by atoms with Crippen LogP contribution < -0.4 is 14.9 Å². The average Bonchev–Trinajstić information content (AvgIpc) is 2.83. The number of hydrogen-bond acceptors (Lipinski definition) is 7. The molecular formula is C22H27N3O6S. The lowest BCUT2D eigenvalue weighted by atomic mass is 10.1. The highest BCUT2D eigenvalue weighted by atomic mass is 32.2. The van der Waals surface area contributed by atoms with Crippen LogP contribution in [0.1, 0.15) is 17.5 Å². The predicted molar refractivity (Wildman–Crippen MR) is 120 cm³/mol. The molecule has 10 heteroatoms. The Bertz CT molecular complexity index is 1050. The van der Waals surface area contributed by atoms with Crippen LogP contribution >= 0.6 is 0 Å². The standard InChI is InChI=1S/C22H27N3O6S/c1-29-20-9-5-18(15-21(20)30-2)16-23-24-22(26)10-6-17-3-7-19(8-4-17)32(27,28)25-11-13-31-14-12-25/h3-5,7-9,15-16H,6,10-14H2,1-2H3,(H,24,26)/b23-16+. The molecule has 9 nitrogen and oxygen atoms in total. The number of carbonyl (C=O) groups excluding carboxylic acids is 1. The van der Waals surface area contributed by atoms with E-state index in [1.165, 1.54) is 10.5 Å². The Balaban J connectivity index is 1.50. The first-order valence-electron chi connectivity index (χ1n) is 10.1. The smallest absolute Gasteiger partial charge is 0.243 e. The minimum absolute atomic E-state index is 0.221. The zero-order valence-electron chi connectivity index (χ0n) is 18.1. The molecule has 0 aromatic heterocycles. The fourth-order valence-electron chi connectivity index (χ4n) is 3.19. The maximum Gasteiger partial charge on any atom is 0.243 e. The number of morpholine rings is 1. The quantitative estimate of drug-likeness (QED) is 0.451. The largest absolute Gasteiger partial charge is 0.493 e. The Kier molecular flexibility index (Phi) is 8.20. The number of rotatable bonds is 9. The van der Waals surface area contributed by atoms with Crippen molar-refractivity contribution < 1.29 is 27.4 Å². The molecule has 1 N–H and O–H groups in total. The van der Waals surface area contributed by atoms with Gasteiger partial charge in [-0.15, -0.1) is 0 Å². The molecule has 0 atom stereocenters. The van der Waals surface area contributed by atoms with Crippen LogP contribution in [0, 0.1) is 0 Å². The average molecular weight is 462 g/mol. The lowest BCUT2D eigenvalue weighted by Gasteiger charge is -2.26. The van der Waals surface area contributed by atoms with E-state index in [9.17, 15) is 13.2 Å². The maximum atomic E-state index is 12.7. The Morgan fingerprint density at radius 3 is 2.44 bits per heavy atom. The van der Waals surface area contributed by atoms with Crippen molar-refractivity contribution in [3.8, 4) is 11.5 Å². The van der Waals surface area contributed by atoms with Gasteiger partial charge in [-0.2, -0.15) is 9.41 Å². The highest BCUT2D eigenvalue weighted by Gasteiger charge is 2.26. The Labute approximate surface area is 188 Å². The molecule has 0 saturated carbocycles. The predicted octanol–water partition coefficient (Wildman–Crippen LogP) is 1.81. The van der Waals surface area contributed by atoms with Crippen LogP contribution in [-0.4, -0.2) is 65.4 Å². The van der Waals surface area contributed by atoms with E-state index < -0.39 is 10.0 Å². The summed E-state index contributed by atoms with van der Waals surface area (Å²) in [6.07, 6.45) is 2.21. The number of hydrazone groups is 1. The van der Waals surface area contributed by atoms with E-state index in [1.54, 1.807) is 56.7 Å². The molecule has 1 aliphatic heterocycles. The second-order valence-electron chi connectivity index (χ2n) is 7.07. The van der Waals surface area contributed by atoms with E-state index in [0.29, 0.717) is 44.2 Å². The molecule has 172 valence electrons. The van der Waals surface area contributed by atoms with Gasteiger partial charge in [-0.3, -0.25) is 4.79 Å². The van der Waals surface area contributed by atoms with Crippen LogP contribution in [0.4, 0.5) is 0 Å². The van der Waals surface area contributed by atoms with Gasteiger partial charge in [-0.25, -0.2) is 13.8 Å². The van der Waals surface area contributed by atoms with Gasteiger partial charge in [0.2, 0.25) is 15.9 Å². The van der Waals surface area contributed by atoms with E-state index in [1.807, 2.05) is 0 Å². The van der Waals surface area contributed by atoms with Crippen LogP contribution in [0.3, 0.4) is 0 Å². The van der Waals surface area contributed by atoms with Gasteiger partial charge in [0, 0.05) is 19.5 Å². The van der Waals surface area contributed by atoms with E-state index in [-0.39, 0.29) is 17.2 Å². The molecule has 0 spiro atoms. The second kappa shape index (κ2) is 11.1. The number of hydrogen-bond donors (Lipinski definition) is 1. The molecule has 0 radical (unpaired) electrons. The highest BCUT2D eigenvalue weighted by molar-refractivity contribution is 7.89. The molecule has 1 saturated heterocycles. The molecule has 1 fully saturated rings. The number of benzene rings is 2. The van der Waals surface area contributed by atoms with Gasteiger partial charge in [0.05, 0.1) is 38.5 Å². The van der Waals surface area contributed by atoms with Crippen molar-refractivity contribution in [3.63, 3.8) is 0 Å². The molecular weight excluding hydrogens is 434 g/mol. The number of aryl methyl sites for hydroxylation is 1. The third kappa shape index (κ3) is 6.06. The molecule has 0 unspecified atom stereocenters. The number of methoxy groups -OCH3 is 2. The van der Waals surface area contributed by atoms with Gasteiger partial charge < -0.3 is 14.2 Å². The lowest BCUT2D eigenvalue weighted by molar-refractivity contribution is -0.121. The Morgan fingerprint density at radius 2 is 1.78 bits per heavy atom. The molecule has 2 aromatic rings. The molecule has 0 aliphatic carbocycles. The molecule has 1 aliphatic rings. The third-order valence-corrected chi connectivity index (χ3v) is 6.90. The fourth-order valence-corrected chi connectivity index (χ4v) is 4.60. The summed E-state index contributed by atoms with van der Waals surface area (Å²) in [5.41, 5.74) is 4.11. The summed E-state index contributed by atoms with van der Waals surface area (Å²) in [5, 5.41) is 3.97. The van der Waals surface area contributed by atoms with Gasteiger partial charge >= 0.3 is 0 Å². The van der Waals surface area contributed by atoms with Crippen molar-refractivity contribution in [2.75, 3.05) is 40.5 Å². The van der Waals surface area contributed by atoms with E-state index >= 15 is 0 Å². The summed E-state index contributed by atoms with van der Waals surface area (Å²) >= 11 is 0. The summed E-state index contributed by atoms with van der Waals surface area (Å²) in [6.45, 7) is 1.52. The Morgan fingerprint density at radius 1 is 1.09 bits per heavy atom. The minimum atomic E-state index is -3.52. The van der Waals surface area contributed by atoms with E-state index in [4.69, 9.17) is 14.2 Å². The first kappa shape index (κ1) is 23.7. The van der Waals surface area contributed by atoms with Crippen LogP contribution in [0.5, 0.6) is 11.5 Å². The van der Waals surface area contributed by atoms with Crippen LogP contribution in [-0.2, 0) is 26.0 Å². The SMILES string of the molecule is COc1ccc(/C=N/NC(=O)CCc2ccc(S(=O)(=O)N3CCOCC3)cc2)cc1OC. The summed E-state index contributed by atoms with van der Waals surface area (Å²) in [5.74, 6) is 0.936. The second-order valence-corrected chi connectivity index (χ2v) is 9.01. The van der Waals surface area contributed by atoms with Crippen molar-refractivity contribution in [2.24, 2.45) is 5.10 Å². The lowest BCUT2D eigenvalue weighted by Crippen LogP contribution is -2.40. The van der Waals surface area contributed by atoms with Gasteiger partial charge in [-0.1, -0.05) is 12.1 Å². The summed E-state index contributed by atoms with van der Waals surface area (Å²) in [7, 11) is -0.415. The van der Waals surface area contributed by atoms with Crippen molar-refractivity contribution in [1.29, 1.82) is 0 Å². The van der Waals surface area contributed by atoms with E-state index in [2.05, 4.69) is 10.5 Å². The van der Waals surface area contributed by atoms with Gasteiger partial charge in [0.25, 0.3) is 0 Å².